The number of Topliss-reactive ketones (excluding diaryl/α,β-unsaturated/α-hetero) is 1. The Morgan fingerprint density at radius 3 is 2.65 bits per heavy atom. The Bertz CT molecular complexity index is 579. The van der Waals surface area contributed by atoms with Crippen molar-refractivity contribution < 1.29 is 13.9 Å². The second kappa shape index (κ2) is 4.24. The summed E-state index contributed by atoms with van der Waals surface area (Å²) in [7, 11) is 1.61. The van der Waals surface area contributed by atoms with Crippen LogP contribution in [0.5, 0.6) is 5.75 Å². The van der Waals surface area contributed by atoms with Gasteiger partial charge < -0.3 is 9.15 Å². The quantitative estimate of drug-likeness (QED) is 0.760. The number of carbonyl (C=O) groups excluding carboxylic acids is 1. The summed E-state index contributed by atoms with van der Waals surface area (Å²) in [4.78, 5) is 11.5. The third-order valence-electron chi connectivity index (χ3n) is 3.01. The van der Waals surface area contributed by atoms with E-state index >= 15 is 0 Å². The van der Waals surface area contributed by atoms with Crippen molar-refractivity contribution in [3.8, 4) is 5.75 Å². The summed E-state index contributed by atoms with van der Waals surface area (Å²) in [5, 5.41) is 0.964. The van der Waals surface area contributed by atoms with Gasteiger partial charge in [-0.25, -0.2) is 0 Å². The van der Waals surface area contributed by atoms with Crippen LogP contribution in [0.1, 0.15) is 35.5 Å². The van der Waals surface area contributed by atoms with Crippen LogP contribution in [-0.2, 0) is 6.42 Å². The van der Waals surface area contributed by atoms with Crippen LogP contribution in [0.4, 0.5) is 0 Å². The van der Waals surface area contributed by atoms with Crippen molar-refractivity contribution in [3.05, 3.63) is 29.0 Å². The van der Waals surface area contributed by atoms with E-state index in [0.717, 1.165) is 17.4 Å². The minimum Gasteiger partial charge on any atom is -0.493 e. The molecule has 0 N–H and O–H groups in total. The molecule has 0 bridgehead atoms. The molecule has 0 spiro atoms. The maximum Gasteiger partial charge on any atom is 0.195 e. The van der Waals surface area contributed by atoms with Crippen LogP contribution < -0.4 is 4.74 Å². The van der Waals surface area contributed by atoms with Crippen LogP contribution >= 0.6 is 0 Å². The van der Waals surface area contributed by atoms with Gasteiger partial charge in [-0.1, -0.05) is 6.92 Å². The molecule has 1 aromatic heterocycles. The predicted octanol–water partition coefficient (Wildman–Crippen LogP) is 3.51. The van der Waals surface area contributed by atoms with E-state index in [1.807, 2.05) is 13.0 Å². The van der Waals surface area contributed by atoms with Gasteiger partial charge >= 0.3 is 0 Å². The van der Waals surface area contributed by atoms with E-state index in [1.54, 1.807) is 7.11 Å². The number of rotatable bonds is 3. The SMILES string of the molecule is CCc1cc(OC)c2oc(C(C)=O)c(C)c2c1. The Balaban J connectivity index is 2.81. The zero-order chi connectivity index (χ0) is 12.6. The van der Waals surface area contributed by atoms with Gasteiger partial charge in [0.25, 0.3) is 0 Å². The second-order valence-electron chi connectivity index (χ2n) is 4.14. The highest BCUT2D eigenvalue weighted by atomic mass is 16.5. The van der Waals surface area contributed by atoms with Crippen molar-refractivity contribution in [3.63, 3.8) is 0 Å². The van der Waals surface area contributed by atoms with Crippen molar-refractivity contribution >= 4 is 16.8 Å². The fraction of sp³-hybridized carbons (Fsp3) is 0.357. The molecule has 2 aromatic rings. The maximum atomic E-state index is 11.5. The van der Waals surface area contributed by atoms with Gasteiger partial charge in [-0.15, -0.1) is 0 Å². The van der Waals surface area contributed by atoms with Crippen LogP contribution in [0, 0.1) is 6.92 Å². The molecule has 2 rings (SSSR count). The molecule has 0 aliphatic rings. The Morgan fingerprint density at radius 1 is 1.41 bits per heavy atom. The monoisotopic (exact) mass is 232 g/mol. The molecule has 0 unspecified atom stereocenters. The Morgan fingerprint density at radius 2 is 2.12 bits per heavy atom. The molecule has 17 heavy (non-hydrogen) atoms. The largest absolute Gasteiger partial charge is 0.493 e. The van der Waals surface area contributed by atoms with Gasteiger partial charge in [-0.05, 0) is 31.0 Å². The van der Waals surface area contributed by atoms with Crippen LogP contribution in [0.2, 0.25) is 0 Å². The number of benzene rings is 1. The van der Waals surface area contributed by atoms with Crippen LogP contribution in [-0.4, -0.2) is 12.9 Å². The lowest BCUT2D eigenvalue weighted by molar-refractivity contribution is 0.0988. The summed E-state index contributed by atoms with van der Waals surface area (Å²) >= 11 is 0. The van der Waals surface area contributed by atoms with Gasteiger partial charge in [-0.3, -0.25) is 4.79 Å². The third-order valence-corrected chi connectivity index (χ3v) is 3.01. The lowest BCUT2D eigenvalue weighted by Gasteiger charge is -2.03. The van der Waals surface area contributed by atoms with Gasteiger partial charge in [-0.2, -0.15) is 0 Å². The first-order valence-corrected chi connectivity index (χ1v) is 5.69. The summed E-state index contributed by atoms with van der Waals surface area (Å²) in [6.45, 7) is 5.50. The molecule has 0 saturated heterocycles. The normalized spacial score (nSPS) is 10.8. The van der Waals surface area contributed by atoms with E-state index in [1.165, 1.54) is 12.5 Å². The highest BCUT2D eigenvalue weighted by Crippen LogP contribution is 2.34. The van der Waals surface area contributed by atoms with E-state index in [0.29, 0.717) is 17.1 Å². The third kappa shape index (κ3) is 1.82. The zero-order valence-electron chi connectivity index (χ0n) is 10.6. The minimum absolute atomic E-state index is 0.0567. The predicted molar refractivity (Wildman–Crippen MR) is 66.9 cm³/mol. The summed E-state index contributed by atoms with van der Waals surface area (Å²) < 4.78 is 10.9. The van der Waals surface area contributed by atoms with Gasteiger partial charge in [0.15, 0.2) is 22.9 Å². The first-order chi connectivity index (χ1) is 8.08. The molecular weight excluding hydrogens is 216 g/mol. The van der Waals surface area contributed by atoms with Crippen molar-refractivity contribution in [1.82, 2.24) is 0 Å². The van der Waals surface area contributed by atoms with Gasteiger partial charge in [0.1, 0.15) is 0 Å². The van der Waals surface area contributed by atoms with Crippen molar-refractivity contribution in [2.45, 2.75) is 27.2 Å². The van der Waals surface area contributed by atoms with E-state index < -0.39 is 0 Å². The fourth-order valence-corrected chi connectivity index (χ4v) is 2.04. The summed E-state index contributed by atoms with van der Waals surface area (Å²) in [6, 6.07) is 4.01. The maximum absolute atomic E-state index is 11.5. The Kier molecular flexibility index (Phi) is 2.92. The Labute approximate surface area is 100 Å². The number of furan rings is 1. The zero-order valence-corrected chi connectivity index (χ0v) is 10.6. The van der Waals surface area contributed by atoms with Gasteiger partial charge in [0, 0.05) is 17.9 Å². The molecule has 0 radical (unpaired) electrons. The molecule has 0 fully saturated rings. The highest BCUT2D eigenvalue weighted by Gasteiger charge is 2.17. The number of methoxy groups -OCH3 is 1. The molecule has 0 aliphatic heterocycles. The first-order valence-electron chi connectivity index (χ1n) is 5.69. The van der Waals surface area contributed by atoms with Crippen molar-refractivity contribution in [2.24, 2.45) is 0 Å². The number of carbonyl (C=O) groups is 1. The van der Waals surface area contributed by atoms with E-state index in [4.69, 9.17) is 9.15 Å². The standard InChI is InChI=1S/C14H16O3/c1-5-10-6-11-8(2)13(9(3)15)17-14(11)12(7-10)16-4/h6-7H,5H2,1-4H3. The summed E-state index contributed by atoms with van der Waals surface area (Å²) in [5.74, 6) is 1.06. The molecule has 3 heteroatoms. The fourth-order valence-electron chi connectivity index (χ4n) is 2.04. The topological polar surface area (TPSA) is 39.4 Å². The molecule has 0 amide bonds. The molecule has 1 heterocycles. The lowest BCUT2D eigenvalue weighted by atomic mass is 10.1. The number of fused-ring (bicyclic) bond motifs is 1. The smallest absolute Gasteiger partial charge is 0.195 e. The van der Waals surface area contributed by atoms with E-state index in [-0.39, 0.29) is 5.78 Å². The number of aryl methyl sites for hydroxylation is 2. The molecule has 0 aliphatic carbocycles. The average molecular weight is 232 g/mol. The van der Waals surface area contributed by atoms with Gasteiger partial charge in [0.05, 0.1) is 7.11 Å². The van der Waals surface area contributed by atoms with Crippen LogP contribution in [0.25, 0.3) is 11.0 Å². The molecule has 1 aromatic carbocycles. The number of hydrogen-bond acceptors (Lipinski definition) is 3. The Hall–Kier alpha value is -1.77. The molecule has 90 valence electrons. The van der Waals surface area contributed by atoms with Crippen molar-refractivity contribution in [2.75, 3.05) is 7.11 Å². The number of ether oxygens (including phenoxy) is 1. The van der Waals surface area contributed by atoms with E-state index in [9.17, 15) is 4.79 Å². The van der Waals surface area contributed by atoms with Crippen LogP contribution in [0.15, 0.2) is 16.5 Å². The molecule has 0 atom stereocenters. The van der Waals surface area contributed by atoms with Crippen molar-refractivity contribution in [1.29, 1.82) is 0 Å². The second-order valence-corrected chi connectivity index (χ2v) is 4.14. The molecule has 3 nitrogen and oxygen atoms in total. The number of hydrogen-bond donors (Lipinski definition) is 0. The average Bonchev–Trinajstić information content (AvgIpc) is 2.66. The molecular formula is C14H16O3. The van der Waals surface area contributed by atoms with E-state index in [2.05, 4.69) is 13.0 Å². The van der Waals surface area contributed by atoms with Crippen LogP contribution in [0.3, 0.4) is 0 Å². The number of ketones is 1. The highest BCUT2D eigenvalue weighted by molar-refractivity contribution is 6.00. The van der Waals surface area contributed by atoms with Gasteiger partial charge in [0.2, 0.25) is 0 Å². The minimum atomic E-state index is -0.0567. The lowest BCUT2D eigenvalue weighted by Crippen LogP contribution is -1.90. The first kappa shape index (κ1) is 11.7. The summed E-state index contributed by atoms with van der Waals surface area (Å²) in [6.07, 6.45) is 0.923. The summed E-state index contributed by atoms with van der Waals surface area (Å²) in [5.41, 5.74) is 2.72. The molecule has 0 saturated carbocycles.